The maximum Gasteiger partial charge on any atom is 0.275 e. The second-order valence-corrected chi connectivity index (χ2v) is 14.2. The van der Waals surface area contributed by atoms with Crippen LogP contribution < -0.4 is 4.31 Å². The minimum Gasteiger partial charge on any atom is -0.200 e. The van der Waals surface area contributed by atoms with E-state index in [1.54, 1.807) is 30.3 Å². The van der Waals surface area contributed by atoms with Gasteiger partial charge in [-0.15, -0.1) is 5.54 Å². The molecule has 3 nitrogen and oxygen atoms in total. The summed E-state index contributed by atoms with van der Waals surface area (Å²) in [4.78, 5) is 0.248. The SMILES string of the molecule is Cc1ccc(S(=O)(=O)N(C#C[Si](C)(C)C)c2ccccc2I)cc1. The lowest BCUT2D eigenvalue weighted by atomic mass is 10.2. The molecule has 0 saturated carbocycles. The largest absolute Gasteiger partial charge is 0.275 e. The van der Waals surface area contributed by atoms with E-state index < -0.39 is 18.1 Å². The van der Waals surface area contributed by atoms with Gasteiger partial charge in [-0.1, -0.05) is 49.5 Å². The first-order valence-electron chi connectivity index (χ1n) is 7.50. The Morgan fingerprint density at radius 3 is 2.12 bits per heavy atom. The average Bonchev–Trinajstić information content (AvgIpc) is 2.48. The van der Waals surface area contributed by atoms with Crippen LogP contribution in [0.1, 0.15) is 5.56 Å². The zero-order valence-corrected chi connectivity index (χ0v) is 18.1. The van der Waals surface area contributed by atoms with Crippen molar-refractivity contribution < 1.29 is 8.42 Å². The molecule has 2 rings (SSSR count). The molecule has 0 radical (unpaired) electrons. The number of nitrogens with zero attached hydrogens (tertiary/aromatic N) is 1. The molecule has 0 atom stereocenters. The Morgan fingerprint density at radius 2 is 1.58 bits per heavy atom. The summed E-state index contributed by atoms with van der Waals surface area (Å²) >= 11 is 2.14. The van der Waals surface area contributed by atoms with Gasteiger partial charge >= 0.3 is 0 Å². The highest BCUT2D eigenvalue weighted by Gasteiger charge is 2.25. The molecule has 0 aliphatic rings. The predicted octanol–water partition coefficient (Wildman–Crippen LogP) is 4.63. The van der Waals surface area contributed by atoms with E-state index in [9.17, 15) is 8.42 Å². The van der Waals surface area contributed by atoms with Crippen molar-refractivity contribution in [2.24, 2.45) is 0 Å². The molecule has 0 saturated heterocycles. The molecule has 0 N–H and O–H groups in total. The van der Waals surface area contributed by atoms with Gasteiger partial charge in [-0.2, -0.15) is 4.31 Å². The summed E-state index contributed by atoms with van der Waals surface area (Å²) in [7, 11) is -5.47. The van der Waals surface area contributed by atoms with Gasteiger partial charge in [0.15, 0.2) is 0 Å². The topological polar surface area (TPSA) is 37.4 Å². The summed E-state index contributed by atoms with van der Waals surface area (Å²) in [5, 5.41) is 0. The molecule has 0 aliphatic heterocycles. The first-order chi connectivity index (χ1) is 11.1. The number of benzene rings is 2. The highest BCUT2D eigenvalue weighted by molar-refractivity contribution is 14.1. The van der Waals surface area contributed by atoms with Crippen molar-refractivity contribution in [2.45, 2.75) is 31.5 Å². The van der Waals surface area contributed by atoms with Crippen LogP contribution in [-0.4, -0.2) is 16.5 Å². The van der Waals surface area contributed by atoms with Gasteiger partial charge in [-0.05, 0) is 53.8 Å². The van der Waals surface area contributed by atoms with Gasteiger partial charge in [-0.25, -0.2) is 8.42 Å². The summed E-state index contributed by atoms with van der Waals surface area (Å²) in [5.41, 5.74) is 4.77. The van der Waals surface area contributed by atoms with Crippen molar-refractivity contribution >= 4 is 46.4 Å². The molecule has 0 spiro atoms. The first kappa shape index (κ1) is 19.0. The van der Waals surface area contributed by atoms with Crippen molar-refractivity contribution in [3.05, 3.63) is 57.7 Å². The van der Waals surface area contributed by atoms with E-state index in [2.05, 4.69) is 53.8 Å². The quantitative estimate of drug-likeness (QED) is 0.285. The number of sulfonamides is 1. The Bertz CT molecular complexity index is 891. The average molecular weight is 469 g/mol. The van der Waals surface area contributed by atoms with Crippen LogP contribution in [0.25, 0.3) is 0 Å². The van der Waals surface area contributed by atoms with Crippen LogP contribution in [0.5, 0.6) is 0 Å². The second kappa shape index (κ2) is 7.29. The molecule has 0 amide bonds. The van der Waals surface area contributed by atoms with E-state index in [1.807, 2.05) is 25.1 Å². The summed E-state index contributed by atoms with van der Waals surface area (Å²) in [5.74, 6) is 0. The standard InChI is InChI=1S/C18H20INO2SSi/c1-15-9-11-16(12-10-15)23(21,22)20(13-14-24(2,3)4)18-8-6-5-7-17(18)19/h5-12H,1-4H3. The fraction of sp³-hybridized carbons (Fsp3) is 0.222. The third kappa shape index (κ3) is 4.62. The van der Waals surface area contributed by atoms with Gasteiger partial charge in [0.2, 0.25) is 0 Å². The van der Waals surface area contributed by atoms with E-state index in [0.717, 1.165) is 9.13 Å². The minimum absolute atomic E-state index is 0.248. The van der Waals surface area contributed by atoms with Crippen LogP contribution in [0.2, 0.25) is 19.6 Å². The van der Waals surface area contributed by atoms with E-state index in [-0.39, 0.29) is 4.90 Å². The Labute approximate surface area is 159 Å². The van der Waals surface area contributed by atoms with Gasteiger partial charge < -0.3 is 0 Å². The van der Waals surface area contributed by atoms with Gasteiger partial charge in [0, 0.05) is 9.61 Å². The lowest BCUT2D eigenvalue weighted by Crippen LogP contribution is -2.28. The summed E-state index contributed by atoms with van der Waals surface area (Å²) in [6, 6.07) is 17.1. The van der Waals surface area contributed by atoms with Crippen molar-refractivity contribution in [3.8, 4) is 11.6 Å². The molecular weight excluding hydrogens is 449 g/mol. The first-order valence-corrected chi connectivity index (χ1v) is 13.5. The third-order valence-corrected chi connectivity index (χ3v) is 6.57. The Balaban J connectivity index is 2.63. The second-order valence-electron chi connectivity index (χ2n) is 6.52. The van der Waals surface area contributed by atoms with Crippen molar-refractivity contribution in [2.75, 3.05) is 4.31 Å². The number of anilines is 1. The molecular formula is C18H20INO2SSi. The maximum absolute atomic E-state index is 13.1. The number of aryl methyl sites for hydroxylation is 1. The zero-order chi connectivity index (χ0) is 18.0. The summed E-state index contributed by atoms with van der Waals surface area (Å²) in [6.07, 6.45) is 0. The Kier molecular flexibility index (Phi) is 5.78. The van der Waals surface area contributed by atoms with E-state index in [0.29, 0.717) is 5.69 Å². The highest BCUT2D eigenvalue weighted by Crippen LogP contribution is 2.27. The molecule has 0 heterocycles. The minimum atomic E-state index is -3.74. The van der Waals surface area contributed by atoms with Gasteiger partial charge in [0.1, 0.15) is 8.07 Å². The Hall–Kier alpha value is -1.30. The Morgan fingerprint density at radius 1 is 1.00 bits per heavy atom. The number of halogens is 1. The number of rotatable bonds is 3. The lowest BCUT2D eigenvalue weighted by Gasteiger charge is -2.20. The molecule has 0 fully saturated rings. The summed E-state index contributed by atoms with van der Waals surface area (Å²) < 4.78 is 28.4. The number of para-hydroxylation sites is 1. The van der Waals surface area contributed by atoms with Crippen LogP contribution in [0.4, 0.5) is 5.69 Å². The smallest absolute Gasteiger partial charge is 0.200 e. The van der Waals surface area contributed by atoms with Crippen LogP contribution in [0.3, 0.4) is 0 Å². The third-order valence-electron chi connectivity index (χ3n) is 3.16. The maximum atomic E-state index is 13.1. The van der Waals surface area contributed by atoms with Crippen molar-refractivity contribution in [1.29, 1.82) is 0 Å². The van der Waals surface area contributed by atoms with E-state index >= 15 is 0 Å². The van der Waals surface area contributed by atoms with Gasteiger partial charge in [0.25, 0.3) is 10.0 Å². The molecule has 2 aromatic carbocycles. The summed E-state index contributed by atoms with van der Waals surface area (Å²) in [6.45, 7) is 8.20. The lowest BCUT2D eigenvalue weighted by molar-refractivity contribution is 0.596. The number of hydrogen-bond acceptors (Lipinski definition) is 2. The van der Waals surface area contributed by atoms with Gasteiger partial charge in [0.05, 0.1) is 10.6 Å². The van der Waals surface area contributed by atoms with Crippen LogP contribution in [0.15, 0.2) is 53.4 Å². The molecule has 0 aliphatic carbocycles. The molecule has 0 unspecified atom stereocenters. The molecule has 24 heavy (non-hydrogen) atoms. The van der Waals surface area contributed by atoms with E-state index in [4.69, 9.17) is 0 Å². The van der Waals surface area contributed by atoms with Crippen LogP contribution >= 0.6 is 22.6 Å². The molecule has 6 heteroatoms. The van der Waals surface area contributed by atoms with Crippen molar-refractivity contribution in [1.82, 2.24) is 0 Å². The van der Waals surface area contributed by atoms with Crippen molar-refractivity contribution in [3.63, 3.8) is 0 Å². The highest BCUT2D eigenvalue weighted by atomic mass is 127. The van der Waals surface area contributed by atoms with Crippen LogP contribution in [0, 0.1) is 22.1 Å². The van der Waals surface area contributed by atoms with Crippen LogP contribution in [-0.2, 0) is 10.0 Å². The monoisotopic (exact) mass is 469 g/mol. The fourth-order valence-electron chi connectivity index (χ4n) is 1.90. The number of hydrogen-bond donors (Lipinski definition) is 0. The molecule has 2 aromatic rings. The molecule has 0 bridgehead atoms. The zero-order valence-electron chi connectivity index (χ0n) is 14.2. The van der Waals surface area contributed by atoms with Gasteiger partial charge in [-0.3, -0.25) is 0 Å². The normalized spacial score (nSPS) is 11.5. The fourth-order valence-corrected chi connectivity index (χ4v) is 4.50. The molecule has 126 valence electrons. The predicted molar refractivity (Wildman–Crippen MR) is 111 cm³/mol. The van der Waals surface area contributed by atoms with E-state index in [1.165, 1.54) is 4.31 Å². The molecule has 0 aromatic heterocycles.